The molecule has 0 aliphatic carbocycles. The van der Waals surface area contributed by atoms with E-state index in [1.165, 1.54) is 0 Å². The van der Waals surface area contributed by atoms with Crippen LogP contribution in [0.1, 0.15) is 38.6 Å². The number of nitrogens with zero attached hydrogens (tertiary/aromatic N) is 5. The molecule has 0 spiro atoms. The van der Waals surface area contributed by atoms with E-state index in [1.54, 1.807) is 16.7 Å². The van der Waals surface area contributed by atoms with Crippen molar-refractivity contribution >= 4 is 23.4 Å². The third kappa shape index (κ3) is 3.60. The lowest BCUT2D eigenvalue weighted by Crippen LogP contribution is -2.38. The first kappa shape index (κ1) is 19.4. The minimum atomic E-state index is -0.648. The monoisotopic (exact) mass is 409 g/mol. The number of carbonyl (C=O) groups excluding carboxylic acids is 1. The van der Waals surface area contributed by atoms with Crippen LogP contribution < -0.4 is 9.64 Å². The summed E-state index contributed by atoms with van der Waals surface area (Å²) < 4.78 is 8.33. The number of aromatic nitrogens is 4. The van der Waals surface area contributed by atoms with E-state index in [9.17, 15) is 4.79 Å². The van der Waals surface area contributed by atoms with Crippen LogP contribution in [0.3, 0.4) is 0 Å². The zero-order valence-electron chi connectivity index (χ0n) is 16.7. The van der Waals surface area contributed by atoms with Gasteiger partial charge in [0.2, 0.25) is 23.2 Å². The molecule has 7 nitrogen and oxygen atoms in total. The molecule has 1 aromatic carbocycles. The summed E-state index contributed by atoms with van der Waals surface area (Å²) in [5.74, 6) is 1.26. The van der Waals surface area contributed by atoms with Crippen LogP contribution in [0.5, 0.6) is 5.88 Å². The van der Waals surface area contributed by atoms with Crippen LogP contribution in [0, 0.1) is 0 Å². The van der Waals surface area contributed by atoms with Gasteiger partial charge in [0.15, 0.2) is 5.69 Å². The van der Waals surface area contributed by atoms with E-state index in [0.717, 1.165) is 29.1 Å². The summed E-state index contributed by atoms with van der Waals surface area (Å²) in [5, 5.41) is 9.28. The van der Waals surface area contributed by atoms with Crippen molar-refractivity contribution in [1.29, 1.82) is 0 Å². The van der Waals surface area contributed by atoms with Crippen molar-refractivity contribution in [2.45, 2.75) is 38.1 Å². The molecular weight excluding hydrogens is 386 g/mol. The second kappa shape index (κ2) is 8.24. The van der Waals surface area contributed by atoms with E-state index in [1.807, 2.05) is 61.1 Å². The van der Waals surface area contributed by atoms with Crippen LogP contribution in [0.15, 0.2) is 47.8 Å². The van der Waals surface area contributed by atoms with E-state index in [2.05, 4.69) is 22.1 Å². The summed E-state index contributed by atoms with van der Waals surface area (Å²) in [5.41, 5.74) is 2.94. The predicted octanol–water partition coefficient (Wildman–Crippen LogP) is 4.21. The number of thioether (sulfide) groups is 1. The van der Waals surface area contributed by atoms with Crippen molar-refractivity contribution in [1.82, 2.24) is 19.7 Å². The topological polar surface area (TPSA) is 73.1 Å². The molecule has 1 unspecified atom stereocenters. The number of fused-ring (bicyclic) bond motifs is 3. The van der Waals surface area contributed by atoms with E-state index in [0.29, 0.717) is 23.2 Å². The number of para-hydroxylation sites is 1. The van der Waals surface area contributed by atoms with Gasteiger partial charge in [0, 0.05) is 31.0 Å². The highest BCUT2D eigenvalue weighted by atomic mass is 32.2. The molecular formula is C21H23N5O2S. The van der Waals surface area contributed by atoms with Gasteiger partial charge in [-0.25, -0.2) is 0 Å². The first-order chi connectivity index (χ1) is 14.1. The number of benzene rings is 1. The SMILES string of the molecule is CCCSc1nnc2c(n1)OC(c1cccn1C)N(C(=O)CC)c1ccccc1-2. The third-order valence-corrected chi connectivity index (χ3v) is 5.80. The zero-order valence-corrected chi connectivity index (χ0v) is 17.5. The van der Waals surface area contributed by atoms with Gasteiger partial charge in [-0.05, 0) is 24.6 Å². The Balaban J connectivity index is 1.91. The highest BCUT2D eigenvalue weighted by Crippen LogP contribution is 2.43. The van der Waals surface area contributed by atoms with Gasteiger partial charge in [0.05, 0.1) is 11.4 Å². The van der Waals surface area contributed by atoms with Crippen LogP contribution in [0.25, 0.3) is 11.3 Å². The van der Waals surface area contributed by atoms with E-state index < -0.39 is 6.23 Å². The summed E-state index contributed by atoms with van der Waals surface area (Å²) in [4.78, 5) is 19.4. The number of hydrogen-bond acceptors (Lipinski definition) is 6. The Labute approximate surface area is 174 Å². The zero-order chi connectivity index (χ0) is 20.4. The predicted molar refractivity (Wildman–Crippen MR) is 113 cm³/mol. The van der Waals surface area contributed by atoms with Crippen LogP contribution in [0.4, 0.5) is 5.69 Å². The van der Waals surface area contributed by atoms with Crippen LogP contribution in [-0.2, 0) is 11.8 Å². The molecule has 4 rings (SSSR count). The highest BCUT2D eigenvalue weighted by molar-refractivity contribution is 7.99. The van der Waals surface area contributed by atoms with Gasteiger partial charge >= 0.3 is 0 Å². The summed E-state index contributed by atoms with van der Waals surface area (Å²) in [6.07, 6.45) is 2.65. The van der Waals surface area contributed by atoms with Gasteiger partial charge in [0.25, 0.3) is 0 Å². The summed E-state index contributed by atoms with van der Waals surface area (Å²) in [7, 11) is 1.94. The molecule has 0 N–H and O–H groups in total. The van der Waals surface area contributed by atoms with E-state index in [-0.39, 0.29) is 5.91 Å². The number of carbonyl (C=O) groups is 1. The second-order valence-electron chi connectivity index (χ2n) is 6.75. The number of anilines is 1. The van der Waals surface area contributed by atoms with Crippen molar-refractivity contribution in [2.24, 2.45) is 7.05 Å². The van der Waals surface area contributed by atoms with Gasteiger partial charge in [0.1, 0.15) is 0 Å². The Bertz CT molecular complexity index is 1040. The molecule has 3 aromatic rings. The Kier molecular flexibility index (Phi) is 5.53. The molecule has 0 fully saturated rings. The standard InChI is InChI=1S/C21H23N5O2S/c1-4-13-29-21-22-19-18(23-24-21)14-9-6-7-10-15(14)26(17(27)5-2)20(28-19)16-11-8-12-25(16)3/h6-12,20H,4-5,13H2,1-3H3. The molecule has 1 amide bonds. The second-order valence-corrected chi connectivity index (χ2v) is 7.81. The maximum Gasteiger partial charge on any atom is 0.247 e. The summed E-state index contributed by atoms with van der Waals surface area (Å²) in [6.45, 7) is 3.96. The number of aryl methyl sites for hydroxylation is 1. The minimum absolute atomic E-state index is 0.0370. The molecule has 1 aliphatic rings. The molecule has 29 heavy (non-hydrogen) atoms. The van der Waals surface area contributed by atoms with Gasteiger partial charge in [-0.15, -0.1) is 10.2 Å². The number of amides is 1. The fourth-order valence-corrected chi connectivity index (χ4v) is 3.96. The lowest BCUT2D eigenvalue weighted by atomic mass is 10.1. The van der Waals surface area contributed by atoms with Gasteiger partial charge < -0.3 is 9.30 Å². The minimum Gasteiger partial charge on any atom is -0.445 e. The fraction of sp³-hybridized carbons (Fsp3) is 0.333. The maximum absolute atomic E-state index is 13.0. The Morgan fingerprint density at radius 1 is 1.17 bits per heavy atom. The summed E-state index contributed by atoms with van der Waals surface area (Å²) >= 11 is 1.54. The lowest BCUT2D eigenvalue weighted by molar-refractivity contribution is -0.120. The molecule has 0 saturated heterocycles. The quantitative estimate of drug-likeness (QED) is 0.588. The molecule has 8 heteroatoms. The van der Waals surface area contributed by atoms with Gasteiger partial charge in [-0.2, -0.15) is 4.98 Å². The smallest absolute Gasteiger partial charge is 0.247 e. The lowest BCUT2D eigenvalue weighted by Gasteiger charge is -2.30. The van der Waals surface area contributed by atoms with Crippen LogP contribution >= 0.6 is 11.8 Å². The first-order valence-electron chi connectivity index (χ1n) is 9.70. The van der Waals surface area contributed by atoms with Crippen molar-refractivity contribution in [3.63, 3.8) is 0 Å². The van der Waals surface area contributed by atoms with Crippen molar-refractivity contribution in [2.75, 3.05) is 10.7 Å². The molecule has 2 aromatic heterocycles. The Morgan fingerprint density at radius 2 is 2.00 bits per heavy atom. The molecule has 1 aliphatic heterocycles. The Hall–Kier alpha value is -2.87. The average molecular weight is 410 g/mol. The van der Waals surface area contributed by atoms with Crippen molar-refractivity contribution in [3.05, 3.63) is 48.3 Å². The number of hydrogen-bond donors (Lipinski definition) is 0. The van der Waals surface area contributed by atoms with Gasteiger partial charge in [-0.3, -0.25) is 9.69 Å². The molecule has 1 atom stereocenters. The molecule has 150 valence electrons. The van der Waals surface area contributed by atoms with Crippen molar-refractivity contribution < 1.29 is 9.53 Å². The third-order valence-electron chi connectivity index (χ3n) is 4.76. The van der Waals surface area contributed by atoms with E-state index in [4.69, 9.17) is 4.74 Å². The highest BCUT2D eigenvalue weighted by Gasteiger charge is 2.36. The molecule has 3 heterocycles. The fourth-order valence-electron chi connectivity index (χ4n) is 3.33. The first-order valence-corrected chi connectivity index (χ1v) is 10.7. The number of rotatable bonds is 5. The van der Waals surface area contributed by atoms with Crippen LogP contribution in [-0.4, -0.2) is 31.4 Å². The van der Waals surface area contributed by atoms with Gasteiger partial charge in [-0.1, -0.05) is 43.8 Å². The summed E-state index contributed by atoms with van der Waals surface area (Å²) in [6, 6.07) is 11.6. The molecule has 0 saturated carbocycles. The molecule has 0 bridgehead atoms. The maximum atomic E-state index is 13.0. The average Bonchev–Trinajstić information content (AvgIpc) is 3.11. The normalized spacial score (nSPS) is 15.3. The van der Waals surface area contributed by atoms with E-state index >= 15 is 0 Å². The largest absolute Gasteiger partial charge is 0.445 e. The van der Waals surface area contributed by atoms with Crippen LogP contribution in [0.2, 0.25) is 0 Å². The molecule has 0 radical (unpaired) electrons. The number of ether oxygens (including phenoxy) is 1. The van der Waals surface area contributed by atoms with Crippen molar-refractivity contribution in [3.8, 4) is 17.1 Å². The Morgan fingerprint density at radius 3 is 2.72 bits per heavy atom.